The first-order chi connectivity index (χ1) is 12.6. The topological polar surface area (TPSA) is 60.5 Å². The maximum atomic E-state index is 12.5. The van der Waals surface area contributed by atoms with Crippen molar-refractivity contribution in [3.63, 3.8) is 0 Å². The van der Waals surface area contributed by atoms with Gasteiger partial charge in [0.1, 0.15) is 23.9 Å². The third-order valence-electron chi connectivity index (χ3n) is 3.69. The second-order valence-electron chi connectivity index (χ2n) is 5.48. The first kappa shape index (κ1) is 17.1. The molecule has 3 aromatic rings. The van der Waals surface area contributed by atoms with Crippen molar-refractivity contribution in [1.29, 1.82) is 0 Å². The van der Waals surface area contributed by atoms with E-state index < -0.39 is 0 Å². The lowest BCUT2D eigenvalue weighted by molar-refractivity contribution is 0.102. The van der Waals surface area contributed by atoms with E-state index in [1.165, 1.54) is 11.3 Å². The number of hydrogen-bond acceptors (Lipinski definition) is 5. The molecule has 0 spiro atoms. The van der Waals surface area contributed by atoms with Crippen LogP contribution in [0.1, 0.15) is 10.5 Å². The summed E-state index contributed by atoms with van der Waals surface area (Å²) in [6, 6.07) is 10.6. The zero-order valence-electron chi connectivity index (χ0n) is 13.3. The van der Waals surface area contributed by atoms with Crippen LogP contribution in [-0.2, 0) is 0 Å². The number of nitrogens with one attached hydrogen (secondary N) is 1. The van der Waals surface area contributed by atoms with E-state index in [9.17, 15) is 4.79 Å². The number of ether oxygens (including phenoxy) is 2. The standard InChI is InChI=1S/C18H12Cl2N2O3S/c19-11-3-1-2-10(6-11)18-22-14(9-26-18)17(23)21-13-8-16-15(7-12(13)20)24-4-5-25-16/h1-3,6-9H,4-5H2,(H,21,23). The third kappa shape index (κ3) is 3.49. The zero-order chi connectivity index (χ0) is 18.1. The number of thiazole rings is 1. The van der Waals surface area contributed by atoms with Gasteiger partial charge >= 0.3 is 0 Å². The molecular weight excluding hydrogens is 395 g/mol. The van der Waals surface area contributed by atoms with Gasteiger partial charge in [-0.25, -0.2) is 4.98 Å². The number of halogens is 2. The number of anilines is 1. The van der Waals surface area contributed by atoms with Gasteiger partial charge in [0, 0.05) is 28.1 Å². The van der Waals surface area contributed by atoms with Crippen molar-refractivity contribution in [3.05, 3.63) is 57.5 Å². The van der Waals surface area contributed by atoms with Crippen LogP contribution in [0.25, 0.3) is 10.6 Å². The van der Waals surface area contributed by atoms with Crippen LogP contribution in [-0.4, -0.2) is 24.1 Å². The highest BCUT2D eigenvalue weighted by atomic mass is 35.5. The van der Waals surface area contributed by atoms with Gasteiger partial charge in [-0.15, -0.1) is 11.3 Å². The summed E-state index contributed by atoms with van der Waals surface area (Å²) >= 11 is 13.6. The summed E-state index contributed by atoms with van der Waals surface area (Å²) in [7, 11) is 0. The Bertz CT molecular complexity index is 990. The Hall–Kier alpha value is -2.28. The van der Waals surface area contributed by atoms with Crippen molar-refractivity contribution < 1.29 is 14.3 Å². The molecule has 132 valence electrons. The first-order valence-electron chi connectivity index (χ1n) is 7.72. The van der Waals surface area contributed by atoms with Gasteiger partial charge in [0.15, 0.2) is 11.5 Å². The molecule has 2 aromatic carbocycles. The van der Waals surface area contributed by atoms with Crippen molar-refractivity contribution in [3.8, 4) is 22.1 Å². The lowest BCUT2D eigenvalue weighted by atomic mass is 10.2. The van der Waals surface area contributed by atoms with E-state index in [-0.39, 0.29) is 5.91 Å². The van der Waals surface area contributed by atoms with Crippen molar-refractivity contribution >= 4 is 46.1 Å². The fourth-order valence-electron chi connectivity index (χ4n) is 2.48. The van der Waals surface area contributed by atoms with E-state index in [1.807, 2.05) is 12.1 Å². The van der Waals surface area contributed by atoms with E-state index >= 15 is 0 Å². The van der Waals surface area contributed by atoms with Gasteiger partial charge in [0.25, 0.3) is 5.91 Å². The summed E-state index contributed by atoms with van der Waals surface area (Å²) < 4.78 is 11.0. The Morgan fingerprint density at radius 3 is 2.65 bits per heavy atom. The molecule has 0 saturated carbocycles. The highest BCUT2D eigenvalue weighted by Crippen LogP contribution is 2.38. The summed E-state index contributed by atoms with van der Waals surface area (Å²) in [5, 5.41) is 6.16. The molecule has 5 nitrogen and oxygen atoms in total. The molecule has 1 aliphatic rings. The molecule has 1 N–H and O–H groups in total. The average molecular weight is 407 g/mol. The van der Waals surface area contributed by atoms with Gasteiger partial charge in [-0.2, -0.15) is 0 Å². The molecule has 1 amide bonds. The third-order valence-corrected chi connectivity index (χ3v) is 5.13. The van der Waals surface area contributed by atoms with E-state index in [2.05, 4.69) is 10.3 Å². The number of benzene rings is 2. The number of carbonyl (C=O) groups is 1. The summed E-state index contributed by atoms with van der Waals surface area (Å²) in [4.78, 5) is 16.9. The lowest BCUT2D eigenvalue weighted by Crippen LogP contribution is -2.17. The number of nitrogens with zero attached hydrogens (tertiary/aromatic N) is 1. The quantitative estimate of drug-likeness (QED) is 0.653. The predicted molar refractivity (Wildman–Crippen MR) is 103 cm³/mol. The molecule has 0 atom stereocenters. The minimum absolute atomic E-state index is 0.302. The van der Waals surface area contributed by atoms with Crippen molar-refractivity contribution in [2.45, 2.75) is 0 Å². The van der Waals surface area contributed by atoms with Gasteiger partial charge in [-0.3, -0.25) is 4.79 Å². The summed E-state index contributed by atoms with van der Waals surface area (Å²) in [5.41, 5.74) is 1.60. The van der Waals surface area contributed by atoms with Crippen molar-refractivity contribution in [1.82, 2.24) is 4.98 Å². The van der Waals surface area contributed by atoms with E-state index in [0.717, 1.165) is 5.56 Å². The predicted octanol–water partition coefficient (Wildman–Crippen LogP) is 5.14. The minimum atomic E-state index is -0.354. The van der Waals surface area contributed by atoms with Crippen LogP contribution in [0.5, 0.6) is 11.5 Å². The largest absolute Gasteiger partial charge is 0.486 e. The fourth-order valence-corrected chi connectivity index (χ4v) is 3.67. The van der Waals surface area contributed by atoms with Crippen molar-refractivity contribution in [2.24, 2.45) is 0 Å². The second-order valence-corrected chi connectivity index (χ2v) is 7.18. The number of amides is 1. The molecule has 26 heavy (non-hydrogen) atoms. The normalized spacial score (nSPS) is 12.7. The highest BCUT2D eigenvalue weighted by molar-refractivity contribution is 7.13. The smallest absolute Gasteiger partial charge is 0.275 e. The summed E-state index contributed by atoms with van der Waals surface area (Å²) in [6.45, 7) is 0.928. The highest BCUT2D eigenvalue weighted by Gasteiger charge is 2.18. The Morgan fingerprint density at radius 2 is 1.88 bits per heavy atom. The second kappa shape index (κ2) is 7.15. The number of carbonyl (C=O) groups excluding carboxylic acids is 1. The molecule has 0 aliphatic carbocycles. The number of hydrogen-bond donors (Lipinski definition) is 1. The van der Waals surface area contributed by atoms with E-state index in [1.54, 1.807) is 29.6 Å². The molecule has 0 unspecified atom stereocenters. The number of fused-ring (bicyclic) bond motifs is 1. The molecule has 0 fully saturated rings. The Balaban J connectivity index is 1.56. The average Bonchev–Trinajstić information content (AvgIpc) is 3.13. The Morgan fingerprint density at radius 1 is 1.12 bits per heavy atom. The fraction of sp³-hybridized carbons (Fsp3) is 0.111. The van der Waals surface area contributed by atoms with Crippen LogP contribution in [0, 0.1) is 0 Å². The number of aromatic nitrogens is 1. The van der Waals surface area contributed by atoms with Crippen LogP contribution in [0.15, 0.2) is 41.8 Å². The Kier molecular flexibility index (Phi) is 4.72. The molecule has 0 radical (unpaired) electrons. The lowest BCUT2D eigenvalue weighted by Gasteiger charge is -2.19. The van der Waals surface area contributed by atoms with Crippen LogP contribution < -0.4 is 14.8 Å². The zero-order valence-corrected chi connectivity index (χ0v) is 15.6. The summed E-state index contributed by atoms with van der Waals surface area (Å²) in [5.74, 6) is 0.762. The Labute approximate surface area is 163 Å². The van der Waals surface area contributed by atoms with Gasteiger partial charge < -0.3 is 14.8 Å². The van der Waals surface area contributed by atoms with Crippen LogP contribution in [0.3, 0.4) is 0 Å². The first-order valence-corrected chi connectivity index (χ1v) is 9.36. The molecular formula is C18H12Cl2N2O3S. The van der Waals surface area contributed by atoms with Crippen LogP contribution in [0.4, 0.5) is 5.69 Å². The van der Waals surface area contributed by atoms with Gasteiger partial charge in [-0.1, -0.05) is 35.3 Å². The molecule has 1 aromatic heterocycles. The maximum absolute atomic E-state index is 12.5. The molecule has 0 bridgehead atoms. The van der Waals surface area contributed by atoms with Gasteiger partial charge in [-0.05, 0) is 12.1 Å². The minimum Gasteiger partial charge on any atom is -0.486 e. The number of rotatable bonds is 3. The molecule has 8 heteroatoms. The molecule has 1 aliphatic heterocycles. The summed E-state index contributed by atoms with van der Waals surface area (Å²) in [6.07, 6.45) is 0. The maximum Gasteiger partial charge on any atom is 0.275 e. The molecule has 0 saturated heterocycles. The monoisotopic (exact) mass is 406 g/mol. The van der Waals surface area contributed by atoms with Crippen LogP contribution in [0.2, 0.25) is 10.0 Å². The van der Waals surface area contributed by atoms with E-state index in [4.69, 9.17) is 32.7 Å². The molecule has 2 heterocycles. The van der Waals surface area contributed by atoms with Crippen molar-refractivity contribution in [2.75, 3.05) is 18.5 Å². The molecule has 4 rings (SSSR count). The van der Waals surface area contributed by atoms with Gasteiger partial charge in [0.2, 0.25) is 0 Å². The van der Waals surface area contributed by atoms with Crippen LogP contribution >= 0.6 is 34.5 Å². The van der Waals surface area contributed by atoms with E-state index in [0.29, 0.717) is 51.1 Å². The SMILES string of the molecule is O=C(Nc1cc2c(cc1Cl)OCCO2)c1csc(-c2cccc(Cl)c2)n1. The van der Waals surface area contributed by atoms with Gasteiger partial charge in [0.05, 0.1) is 10.7 Å².